The van der Waals surface area contributed by atoms with E-state index in [-0.39, 0.29) is 17.1 Å². The number of piperidine rings is 1. The maximum Gasteiger partial charge on any atom is 0.410 e. The lowest BCUT2D eigenvalue weighted by molar-refractivity contribution is -0.120. The van der Waals surface area contributed by atoms with Gasteiger partial charge in [-0.15, -0.1) is 0 Å². The minimum absolute atomic E-state index is 0.170. The second-order valence-corrected chi connectivity index (χ2v) is 13.3. The molecule has 2 spiro atoms. The van der Waals surface area contributed by atoms with Crippen molar-refractivity contribution in [1.82, 2.24) is 9.88 Å². The van der Waals surface area contributed by atoms with Crippen LogP contribution in [0, 0.1) is 5.41 Å². The number of amides is 1. The number of pyridine rings is 1. The van der Waals surface area contributed by atoms with Crippen LogP contribution in [-0.2, 0) is 21.0 Å². The van der Waals surface area contributed by atoms with Gasteiger partial charge in [0.2, 0.25) is 0 Å². The molecule has 1 saturated carbocycles. The quantitative estimate of drug-likeness (QED) is 0.617. The van der Waals surface area contributed by atoms with E-state index in [1.165, 1.54) is 6.26 Å². The Morgan fingerprint density at radius 3 is 2.35 bits per heavy atom. The molecule has 1 saturated heterocycles. The summed E-state index contributed by atoms with van der Waals surface area (Å²) in [5, 5.41) is 0. The van der Waals surface area contributed by atoms with Gasteiger partial charge in [-0.25, -0.2) is 13.2 Å². The van der Waals surface area contributed by atoms with Crippen LogP contribution in [0.25, 0.3) is 11.3 Å². The van der Waals surface area contributed by atoms with E-state index in [0.717, 1.165) is 67.8 Å². The van der Waals surface area contributed by atoms with Crippen LogP contribution in [0.5, 0.6) is 5.75 Å². The minimum Gasteiger partial charge on any atom is -0.485 e. The first kappa shape index (κ1) is 23.1. The predicted octanol–water partition coefficient (Wildman–Crippen LogP) is 4.64. The Bertz CT molecular complexity index is 1210. The standard InChI is InChI=1S/C26H32N2O5S/c1-24(2,3)33-23(29)28-11-9-25(10-12-28)16-26(17-25)14-19-13-21(27-15-22(19)32-26)18-5-7-20(8-6-18)34(4,30)31/h5-8,13,15H,9-12,14,16-17H2,1-4H3. The Balaban J connectivity index is 1.22. The third-order valence-corrected chi connectivity index (χ3v) is 8.36. The highest BCUT2D eigenvalue weighted by atomic mass is 32.2. The monoisotopic (exact) mass is 484 g/mol. The zero-order chi connectivity index (χ0) is 24.4. The highest BCUT2D eigenvalue weighted by Crippen LogP contribution is 2.60. The van der Waals surface area contributed by atoms with Gasteiger partial charge in [0.25, 0.3) is 0 Å². The van der Waals surface area contributed by atoms with Crippen LogP contribution in [0.4, 0.5) is 4.79 Å². The van der Waals surface area contributed by atoms with Crippen molar-refractivity contribution in [2.75, 3.05) is 19.3 Å². The number of rotatable bonds is 2. The fourth-order valence-corrected chi connectivity index (χ4v) is 6.35. The van der Waals surface area contributed by atoms with Crippen molar-refractivity contribution in [3.05, 3.63) is 42.1 Å². The van der Waals surface area contributed by atoms with Gasteiger partial charge in [0.15, 0.2) is 9.84 Å². The molecule has 5 rings (SSSR count). The molecule has 0 atom stereocenters. The van der Waals surface area contributed by atoms with Gasteiger partial charge in [-0.2, -0.15) is 0 Å². The summed E-state index contributed by atoms with van der Waals surface area (Å²) in [7, 11) is -3.22. The second kappa shape index (κ2) is 7.70. The van der Waals surface area contributed by atoms with Crippen molar-refractivity contribution in [3.63, 3.8) is 0 Å². The molecule has 2 fully saturated rings. The summed E-state index contributed by atoms with van der Waals surface area (Å²) in [5.41, 5.74) is 2.45. The van der Waals surface area contributed by atoms with Crippen LogP contribution < -0.4 is 4.74 Å². The van der Waals surface area contributed by atoms with Crippen molar-refractivity contribution in [2.45, 2.75) is 69.0 Å². The summed E-state index contributed by atoms with van der Waals surface area (Å²) < 4.78 is 35.4. The molecule has 182 valence electrons. The highest BCUT2D eigenvalue weighted by molar-refractivity contribution is 7.90. The van der Waals surface area contributed by atoms with E-state index >= 15 is 0 Å². The number of carbonyl (C=O) groups is 1. The number of sulfone groups is 1. The number of carbonyl (C=O) groups excluding carboxylic acids is 1. The summed E-state index contributed by atoms with van der Waals surface area (Å²) in [6.07, 6.45) is 7.58. The topological polar surface area (TPSA) is 85.8 Å². The molecule has 34 heavy (non-hydrogen) atoms. The molecule has 1 aliphatic carbocycles. The van der Waals surface area contributed by atoms with Gasteiger partial charge >= 0.3 is 6.09 Å². The van der Waals surface area contributed by atoms with Crippen LogP contribution in [-0.4, -0.2) is 54.9 Å². The van der Waals surface area contributed by atoms with Crippen LogP contribution in [0.15, 0.2) is 41.4 Å². The van der Waals surface area contributed by atoms with E-state index in [4.69, 9.17) is 9.47 Å². The molecule has 3 heterocycles. The predicted molar refractivity (Wildman–Crippen MR) is 129 cm³/mol. The average molecular weight is 485 g/mol. The first-order valence-corrected chi connectivity index (χ1v) is 13.7. The van der Waals surface area contributed by atoms with Crippen molar-refractivity contribution in [3.8, 4) is 17.0 Å². The lowest BCUT2D eigenvalue weighted by Gasteiger charge is -2.56. The molecule has 2 aromatic rings. The molecule has 1 aromatic carbocycles. The highest BCUT2D eigenvalue weighted by Gasteiger charge is 2.59. The van der Waals surface area contributed by atoms with Crippen molar-refractivity contribution in [2.24, 2.45) is 5.41 Å². The molecule has 2 aliphatic heterocycles. The Labute approximate surface area is 201 Å². The van der Waals surface area contributed by atoms with E-state index in [9.17, 15) is 13.2 Å². The maximum atomic E-state index is 12.4. The number of nitrogens with zero attached hydrogens (tertiary/aromatic N) is 2. The molecule has 0 unspecified atom stereocenters. The molecule has 0 N–H and O–H groups in total. The van der Waals surface area contributed by atoms with Gasteiger partial charge < -0.3 is 14.4 Å². The summed E-state index contributed by atoms with van der Waals surface area (Å²) in [5.74, 6) is 0.845. The van der Waals surface area contributed by atoms with Crippen molar-refractivity contribution < 1.29 is 22.7 Å². The van der Waals surface area contributed by atoms with Gasteiger partial charge in [-0.1, -0.05) is 12.1 Å². The van der Waals surface area contributed by atoms with E-state index in [1.54, 1.807) is 30.5 Å². The fraction of sp³-hybridized carbons (Fsp3) is 0.538. The molecular formula is C26H32N2O5S. The fourth-order valence-electron chi connectivity index (χ4n) is 5.72. The first-order valence-electron chi connectivity index (χ1n) is 11.8. The number of aromatic nitrogens is 1. The van der Waals surface area contributed by atoms with E-state index in [1.807, 2.05) is 25.7 Å². The molecule has 0 bridgehead atoms. The van der Waals surface area contributed by atoms with Gasteiger partial charge in [-0.05, 0) is 70.1 Å². The average Bonchev–Trinajstić information content (AvgIpc) is 3.10. The number of benzene rings is 1. The number of fused-ring (bicyclic) bond motifs is 1. The zero-order valence-corrected chi connectivity index (χ0v) is 21.1. The van der Waals surface area contributed by atoms with Gasteiger partial charge in [0.05, 0.1) is 16.8 Å². The van der Waals surface area contributed by atoms with E-state index < -0.39 is 15.4 Å². The van der Waals surface area contributed by atoms with E-state index in [0.29, 0.717) is 4.90 Å². The third kappa shape index (κ3) is 4.40. The molecule has 3 aliphatic rings. The van der Waals surface area contributed by atoms with Crippen LogP contribution in [0.1, 0.15) is 52.0 Å². The Morgan fingerprint density at radius 2 is 1.76 bits per heavy atom. The lowest BCUT2D eigenvalue weighted by Crippen LogP contribution is -2.59. The smallest absolute Gasteiger partial charge is 0.410 e. The molecular weight excluding hydrogens is 452 g/mol. The van der Waals surface area contributed by atoms with Gasteiger partial charge in [-0.3, -0.25) is 4.98 Å². The third-order valence-electron chi connectivity index (χ3n) is 7.24. The maximum absolute atomic E-state index is 12.4. The van der Waals surface area contributed by atoms with Crippen molar-refractivity contribution >= 4 is 15.9 Å². The number of ether oxygens (including phenoxy) is 2. The number of hydrogen-bond donors (Lipinski definition) is 0. The summed E-state index contributed by atoms with van der Waals surface area (Å²) >= 11 is 0. The minimum atomic E-state index is -3.22. The molecule has 7 nitrogen and oxygen atoms in total. The van der Waals surface area contributed by atoms with Crippen LogP contribution >= 0.6 is 0 Å². The SMILES string of the molecule is CC(C)(C)OC(=O)N1CCC2(CC1)CC1(Cc3cc(-c4ccc(S(C)(=O)=O)cc4)ncc3O1)C2. The van der Waals surface area contributed by atoms with Gasteiger partial charge in [0, 0.05) is 36.9 Å². The Morgan fingerprint density at radius 1 is 1.12 bits per heavy atom. The van der Waals surface area contributed by atoms with Crippen LogP contribution in [0.3, 0.4) is 0 Å². The molecule has 1 aromatic heterocycles. The molecule has 0 radical (unpaired) electrons. The Kier molecular flexibility index (Phi) is 5.24. The van der Waals surface area contributed by atoms with Gasteiger partial charge in [0.1, 0.15) is 17.0 Å². The largest absolute Gasteiger partial charge is 0.485 e. The first-order chi connectivity index (χ1) is 15.9. The zero-order valence-electron chi connectivity index (χ0n) is 20.3. The summed E-state index contributed by atoms with van der Waals surface area (Å²) in [6.45, 7) is 7.14. The summed E-state index contributed by atoms with van der Waals surface area (Å²) in [4.78, 5) is 19.1. The lowest BCUT2D eigenvalue weighted by atomic mass is 9.54. The van der Waals surface area contributed by atoms with E-state index in [2.05, 4.69) is 11.1 Å². The number of hydrogen-bond acceptors (Lipinski definition) is 6. The summed E-state index contributed by atoms with van der Waals surface area (Å²) in [6, 6.07) is 8.91. The second-order valence-electron chi connectivity index (χ2n) is 11.3. The normalized spacial score (nSPS) is 20.5. The van der Waals surface area contributed by atoms with Crippen LogP contribution in [0.2, 0.25) is 0 Å². The molecule has 8 heteroatoms. The molecule has 1 amide bonds. The Hall–Kier alpha value is -2.61. The number of likely N-dealkylation sites (tertiary alicyclic amines) is 1. The van der Waals surface area contributed by atoms with Crippen molar-refractivity contribution in [1.29, 1.82) is 0 Å².